The van der Waals surface area contributed by atoms with E-state index >= 15 is 0 Å². The molecule has 2 N–H and O–H groups in total. The number of aromatic nitrogens is 1. The number of carbonyl (C=O) groups excluding carboxylic acids is 2. The van der Waals surface area contributed by atoms with Gasteiger partial charge in [-0.05, 0) is 55.0 Å². The predicted molar refractivity (Wildman–Crippen MR) is 145 cm³/mol. The van der Waals surface area contributed by atoms with Crippen LogP contribution in [0.25, 0.3) is 22.2 Å². The lowest BCUT2D eigenvalue weighted by molar-refractivity contribution is 0.0955. The maximum Gasteiger partial charge on any atom is 0.291 e. The molecule has 0 unspecified atom stereocenters. The minimum Gasteiger partial charge on any atom is -0.459 e. The normalized spacial score (nSPS) is 11.4. The first kappa shape index (κ1) is 24.0. The highest BCUT2D eigenvalue weighted by atomic mass is 35.5. The predicted octanol–water partition coefficient (Wildman–Crippen LogP) is 6.55. The third-order valence-electron chi connectivity index (χ3n) is 5.74. The number of anilines is 1. The summed E-state index contributed by atoms with van der Waals surface area (Å²) in [6, 6.07) is 26.9. The minimum absolute atomic E-state index is 0.228. The van der Waals surface area contributed by atoms with Gasteiger partial charge in [-0.3, -0.25) is 9.59 Å². The Morgan fingerprint density at radius 3 is 2.41 bits per heavy atom. The zero-order valence-corrected chi connectivity index (χ0v) is 20.5. The van der Waals surface area contributed by atoms with Crippen LogP contribution in [0.5, 0.6) is 0 Å². The van der Waals surface area contributed by atoms with E-state index in [-0.39, 0.29) is 17.6 Å². The molecule has 5 rings (SSSR count). The number of rotatable bonds is 6. The fourth-order valence-electron chi connectivity index (χ4n) is 3.82. The first-order valence-electron chi connectivity index (χ1n) is 11.4. The number of nitrogens with one attached hydrogen (secondary N) is 2. The van der Waals surface area contributed by atoms with E-state index in [1.54, 1.807) is 55.5 Å². The number of nitrogens with zero attached hydrogens (tertiary/aromatic N) is 2. The number of para-hydroxylation sites is 1. The van der Waals surface area contributed by atoms with E-state index in [2.05, 4.69) is 15.8 Å². The van der Waals surface area contributed by atoms with Gasteiger partial charge in [0.2, 0.25) is 0 Å². The van der Waals surface area contributed by atoms with Gasteiger partial charge in [-0.1, -0.05) is 60.1 Å². The molecule has 0 spiro atoms. The molecule has 7 nitrogen and oxygen atoms in total. The number of pyridine rings is 1. The number of hydrogen-bond acceptors (Lipinski definition) is 5. The zero-order valence-electron chi connectivity index (χ0n) is 19.7. The molecular weight excluding hydrogens is 488 g/mol. The summed E-state index contributed by atoms with van der Waals surface area (Å²) in [6.45, 7) is 1.79. The highest BCUT2D eigenvalue weighted by Gasteiger charge is 2.15. The fraction of sp³-hybridized carbons (Fsp3) is 0.0345. The standard InChI is InChI=1S/C29H21ClN4O3/c1-18(19-12-14-20(15-13-19)31-29(36)27-11-6-16-37-27)33-34-28(35)23-17-26(22-8-2-4-9-24(22)30)32-25-10-5-3-7-21(23)25/h2-17H,1H3,(H,31,36)(H,34,35)/b33-18+. The smallest absolute Gasteiger partial charge is 0.291 e. The second kappa shape index (κ2) is 10.5. The van der Waals surface area contributed by atoms with Crippen LogP contribution in [0.2, 0.25) is 5.02 Å². The first-order valence-corrected chi connectivity index (χ1v) is 11.8. The molecule has 8 heteroatoms. The molecule has 3 aromatic carbocycles. The van der Waals surface area contributed by atoms with Gasteiger partial charge >= 0.3 is 0 Å². The Balaban J connectivity index is 1.36. The second-order valence-electron chi connectivity index (χ2n) is 8.20. The summed E-state index contributed by atoms with van der Waals surface area (Å²) in [6.07, 6.45) is 1.44. The van der Waals surface area contributed by atoms with Gasteiger partial charge in [-0.25, -0.2) is 10.4 Å². The third-order valence-corrected chi connectivity index (χ3v) is 6.07. The Hall–Kier alpha value is -4.75. The van der Waals surface area contributed by atoms with Crippen LogP contribution in [0.1, 0.15) is 33.4 Å². The Morgan fingerprint density at radius 1 is 0.892 bits per heavy atom. The SMILES string of the molecule is C/C(=N\NC(=O)c1cc(-c2ccccc2Cl)nc2ccccc12)c1ccc(NC(=O)c2ccco2)cc1. The highest BCUT2D eigenvalue weighted by molar-refractivity contribution is 6.33. The number of hydrazone groups is 1. The van der Waals surface area contributed by atoms with Crippen molar-refractivity contribution >= 4 is 45.7 Å². The number of furan rings is 1. The average molecular weight is 509 g/mol. The summed E-state index contributed by atoms with van der Waals surface area (Å²) in [4.78, 5) is 30.1. The lowest BCUT2D eigenvalue weighted by Crippen LogP contribution is -2.20. The van der Waals surface area contributed by atoms with Crippen molar-refractivity contribution in [3.8, 4) is 11.3 Å². The van der Waals surface area contributed by atoms with Crippen molar-refractivity contribution in [1.82, 2.24) is 10.4 Å². The van der Waals surface area contributed by atoms with Gasteiger partial charge in [0.15, 0.2) is 5.76 Å². The van der Waals surface area contributed by atoms with Gasteiger partial charge < -0.3 is 9.73 Å². The molecule has 2 amide bonds. The van der Waals surface area contributed by atoms with Crippen LogP contribution in [-0.2, 0) is 0 Å². The Kier molecular flexibility index (Phi) is 6.78. The van der Waals surface area contributed by atoms with E-state index in [1.807, 2.05) is 42.5 Å². The molecule has 2 aromatic heterocycles. The van der Waals surface area contributed by atoms with E-state index < -0.39 is 0 Å². The third kappa shape index (κ3) is 5.27. The number of hydrogen-bond donors (Lipinski definition) is 2. The van der Waals surface area contributed by atoms with Gasteiger partial charge in [-0.2, -0.15) is 5.10 Å². The number of fused-ring (bicyclic) bond motifs is 1. The topological polar surface area (TPSA) is 96.6 Å². The van der Waals surface area contributed by atoms with Gasteiger partial charge in [0.1, 0.15) is 0 Å². The van der Waals surface area contributed by atoms with E-state index in [1.165, 1.54) is 6.26 Å². The van der Waals surface area contributed by atoms with Gasteiger partial charge in [0.05, 0.1) is 28.7 Å². The summed E-state index contributed by atoms with van der Waals surface area (Å²) in [5.41, 5.74) is 7.10. The van der Waals surface area contributed by atoms with Crippen molar-refractivity contribution in [2.45, 2.75) is 6.92 Å². The number of carbonyl (C=O) groups is 2. The van der Waals surface area contributed by atoms with Crippen molar-refractivity contribution < 1.29 is 14.0 Å². The van der Waals surface area contributed by atoms with Crippen molar-refractivity contribution in [2.24, 2.45) is 5.10 Å². The summed E-state index contributed by atoms with van der Waals surface area (Å²) >= 11 is 6.39. The molecule has 0 saturated heterocycles. The van der Waals surface area contributed by atoms with Crippen molar-refractivity contribution in [2.75, 3.05) is 5.32 Å². The molecule has 0 aliphatic rings. The molecule has 182 valence electrons. The van der Waals surface area contributed by atoms with E-state index in [0.717, 1.165) is 11.1 Å². The monoisotopic (exact) mass is 508 g/mol. The molecular formula is C29H21ClN4O3. The number of halogens is 1. The molecule has 0 bridgehead atoms. The average Bonchev–Trinajstić information content (AvgIpc) is 3.47. The molecule has 2 heterocycles. The Labute approximate surface area is 217 Å². The van der Waals surface area contributed by atoms with Crippen LogP contribution in [0, 0.1) is 0 Å². The minimum atomic E-state index is -0.367. The second-order valence-corrected chi connectivity index (χ2v) is 8.61. The van der Waals surface area contributed by atoms with Crippen molar-refractivity contribution in [3.05, 3.63) is 119 Å². The first-order chi connectivity index (χ1) is 18.0. The Bertz CT molecular complexity index is 1630. The molecule has 0 saturated carbocycles. The summed E-state index contributed by atoms with van der Waals surface area (Å²) < 4.78 is 5.10. The van der Waals surface area contributed by atoms with Crippen LogP contribution in [0.15, 0.2) is 107 Å². The molecule has 0 aliphatic carbocycles. The molecule has 0 fully saturated rings. The summed E-state index contributed by atoms with van der Waals surface area (Å²) in [5, 5.41) is 8.32. The maximum absolute atomic E-state index is 13.2. The fourth-order valence-corrected chi connectivity index (χ4v) is 4.06. The largest absolute Gasteiger partial charge is 0.459 e. The lowest BCUT2D eigenvalue weighted by Gasteiger charge is -2.10. The molecule has 37 heavy (non-hydrogen) atoms. The lowest BCUT2D eigenvalue weighted by atomic mass is 10.0. The molecule has 0 aliphatic heterocycles. The quantitative estimate of drug-likeness (QED) is 0.200. The van der Waals surface area contributed by atoms with Crippen molar-refractivity contribution in [3.63, 3.8) is 0 Å². The Morgan fingerprint density at radius 2 is 1.65 bits per heavy atom. The van der Waals surface area contributed by atoms with Crippen LogP contribution in [0.3, 0.4) is 0 Å². The van der Waals surface area contributed by atoms with E-state index in [9.17, 15) is 9.59 Å². The van der Waals surface area contributed by atoms with Gasteiger partial charge in [0, 0.05) is 21.7 Å². The van der Waals surface area contributed by atoms with Crippen LogP contribution in [0.4, 0.5) is 5.69 Å². The van der Waals surface area contributed by atoms with Crippen LogP contribution < -0.4 is 10.7 Å². The summed E-state index contributed by atoms with van der Waals surface area (Å²) in [5.74, 6) is -0.476. The highest BCUT2D eigenvalue weighted by Crippen LogP contribution is 2.29. The van der Waals surface area contributed by atoms with Crippen LogP contribution >= 0.6 is 11.6 Å². The van der Waals surface area contributed by atoms with Gasteiger partial charge in [-0.15, -0.1) is 0 Å². The molecule has 0 atom stereocenters. The number of amides is 2. The number of benzene rings is 3. The molecule has 5 aromatic rings. The zero-order chi connectivity index (χ0) is 25.8. The van der Waals surface area contributed by atoms with Gasteiger partial charge in [0.25, 0.3) is 11.8 Å². The van der Waals surface area contributed by atoms with Crippen molar-refractivity contribution in [1.29, 1.82) is 0 Å². The summed E-state index contributed by atoms with van der Waals surface area (Å²) in [7, 11) is 0. The van der Waals surface area contributed by atoms with E-state index in [0.29, 0.717) is 38.6 Å². The maximum atomic E-state index is 13.2. The molecule has 0 radical (unpaired) electrons. The van der Waals surface area contributed by atoms with Crippen LogP contribution in [-0.4, -0.2) is 22.5 Å². The van der Waals surface area contributed by atoms with E-state index in [4.69, 9.17) is 21.0 Å².